The zero-order valence-electron chi connectivity index (χ0n) is 14.8. The number of aromatic nitrogens is 1. The second-order valence-electron chi connectivity index (χ2n) is 8.55. The molecule has 2 bridgehead atoms. The number of benzene rings is 1. The van der Waals surface area contributed by atoms with Gasteiger partial charge in [0.15, 0.2) is 5.58 Å². The molecule has 0 radical (unpaired) electrons. The predicted octanol–water partition coefficient (Wildman–Crippen LogP) is 3.88. The first-order chi connectivity index (χ1) is 11.5. The molecule has 128 valence electrons. The normalized spacial score (nSPS) is 34.5. The molecule has 1 aromatic heterocycles. The van der Waals surface area contributed by atoms with Crippen molar-refractivity contribution in [2.45, 2.75) is 64.0 Å². The van der Waals surface area contributed by atoms with Crippen LogP contribution in [-0.2, 0) is 16.6 Å². The SMILES string of the molecule is CC1(C)C2Cc3cc4oc([C@H]5CCCO5)nc4cc3[C@]1(C)CCN2. The Bertz CT molecular complexity index is 803. The topological polar surface area (TPSA) is 47.3 Å². The zero-order valence-corrected chi connectivity index (χ0v) is 14.8. The Balaban J connectivity index is 1.66. The molecule has 0 amide bonds. The van der Waals surface area contributed by atoms with E-state index in [0.29, 0.717) is 6.04 Å². The van der Waals surface area contributed by atoms with Crippen molar-refractivity contribution in [2.75, 3.05) is 13.2 Å². The number of nitrogens with one attached hydrogen (secondary N) is 1. The Hall–Kier alpha value is -1.39. The third-order valence-corrected chi connectivity index (χ3v) is 7.16. The molecule has 1 N–H and O–H groups in total. The summed E-state index contributed by atoms with van der Waals surface area (Å²) in [6.45, 7) is 9.18. The van der Waals surface area contributed by atoms with Gasteiger partial charge in [-0.25, -0.2) is 4.98 Å². The smallest absolute Gasteiger partial charge is 0.224 e. The van der Waals surface area contributed by atoms with Gasteiger partial charge in [-0.15, -0.1) is 0 Å². The summed E-state index contributed by atoms with van der Waals surface area (Å²) >= 11 is 0. The number of ether oxygens (including phenoxy) is 1. The van der Waals surface area contributed by atoms with Crippen molar-refractivity contribution < 1.29 is 9.15 Å². The summed E-state index contributed by atoms with van der Waals surface area (Å²) in [5.41, 5.74) is 5.25. The number of nitrogens with zero attached hydrogens (tertiary/aromatic N) is 1. The molecule has 4 heteroatoms. The number of hydrogen-bond donors (Lipinski definition) is 1. The first-order valence-electron chi connectivity index (χ1n) is 9.28. The van der Waals surface area contributed by atoms with Crippen molar-refractivity contribution in [2.24, 2.45) is 5.41 Å². The molecule has 2 saturated heterocycles. The quantitative estimate of drug-likeness (QED) is 0.864. The highest BCUT2D eigenvalue weighted by Crippen LogP contribution is 2.54. The standard InChI is InChI=1S/C20H26N2O2/c1-19(2)17-10-12-9-16-14(11-13(12)20(19,3)6-7-21-17)22-18(24-16)15-5-4-8-23-15/h9,11,15,17,21H,4-8,10H2,1-3H3/t15-,17?,20+/m1/s1. The summed E-state index contributed by atoms with van der Waals surface area (Å²) in [5, 5.41) is 3.74. The molecule has 2 aliphatic heterocycles. The number of piperidine rings is 1. The van der Waals surface area contributed by atoms with Gasteiger partial charge in [0.2, 0.25) is 5.89 Å². The van der Waals surface area contributed by atoms with Gasteiger partial charge in [0.25, 0.3) is 0 Å². The lowest BCUT2D eigenvalue weighted by molar-refractivity contribution is 0.0561. The fraction of sp³-hybridized carbons (Fsp3) is 0.650. The van der Waals surface area contributed by atoms with Crippen molar-refractivity contribution in [3.8, 4) is 0 Å². The Morgan fingerprint density at radius 1 is 1.25 bits per heavy atom. The van der Waals surface area contributed by atoms with Crippen LogP contribution in [0.25, 0.3) is 11.1 Å². The molecule has 1 unspecified atom stereocenters. The van der Waals surface area contributed by atoms with Crippen LogP contribution >= 0.6 is 0 Å². The van der Waals surface area contributed by atoms with Crippen LogP contribution in [0.3, 0.4) is 0 Å². The van der Waals surface area contributed by atoms with Crippen LogP contribution in [0.2, 0.25) is 0 Å². The van der Waals surface area contributed by atoms with Crippen LogP contribution in [0.15, 0.2) is 16.5 Å². The minimum Gasteiger partial charge on any atom is -0.438 e. The first-order valence-corrected chi connectivity index (χ1v) is 9.28. The van der Waals surface area contributed by atoms with E-state index < -0.39 is 0 Å². The van der Waals surface area contributed by atoms with Crippen LogP contribution in [-0.4, -0.2) is 24.2 Å². The van der Waals surface area contributed by atoms with E-state index in [1.165, 1.54) is 17.5 Å². The molecule has 24 heavy (non-hydrogen) atoms. The number of oxazole rings is 1. The van der Waals surface area contributed by atoms with Crippen molar-refractivity contribution in [1.29, 1.82) is 0 Å². The lowest BCUT2D eigenvalue weighted by Crippen LogP contribution is -2.62. The molecule has 3 heterocycles. The van der Waals surface area contributed by atoms with Gasteiger partial charge in [-0.2, -0.15) is 0 Å². The van der Waals surface area contributed by atoms with Gasteiger partial charge < -0.3 is 14.5 Å². The molecular weight excluding hydrogens is 300 g/mol. The number of hydrogen-bond acceptors (Lipinski definition) is 4. The highest BCUT2D eigenvalue weighted by Gasteiger charge is 2.53. The van der Waals surface area contributed by atoms with Crippen LogP contribution in [0, 0.1) is 5.41 Å². The minimum atomic E-state index is 0.0438. The van der Waals surface area contributed by atoms with Gasteiger partial charge >= 0.3 is 0 Å². The Kier molecular flexibility index (Phi) is 3.00. The molecule has 3 atom stereocenters. The van der Waals surface area contributed by atoms with Crippen LogP contribution in [0.5, 0.6) is 0 Å². The molecule has 5 rings (SSSR count). The maximum atomic E-state index is 6.07. The van der Waals surface area contributed by atoms with Crippen LogP contribution in [0.1, 0.15) is 63.2 Å². The molecule has 1 aromatic carbocycles. The maximum absolute atomic E-state index is 6.07. The van der Waals surface area contributed by atoms with Crippen LogP contribution < -0.4 is 5.32 Å². The summed E-state index contributed by atoms with van der Waals surface area (Å²) in [5.74, 6) is 0.760. The summed E-state index contributed by atoms with van der Waals surface area (Å²) in [4.78, 5) is 4.78. The van der Waals surface area contributed by atoms with Crippen molar-refractivity contribution in [1.82, 2.24) is 10.3 Å². The van der Waals surface area contributed by atoms with Gasteiger partial charge in [-0.1, -0.05) is 20.8 Å². The molecule has 4 nitrogen and oxygen atoms in total. The fourth-order valence-electron chi connectivity index (χ4n) is 5.11. The molecular formula is C20H26N2O2. The second-order valence-corrected chi connectivity index (χ2v) is 8.55. The molecule has 3 aliphatic rings. The molecule has 1 aliphatic carbocycles. The Labute approximate surface area is 143 Å². The van der Waals surface area contributed by atoms with Crippen molar-refractivity contribution in [3.63, 3.8) is 0 Å². The highest BCUT2D eigenvalue weighted by molar-refractivity contribution is 5.76. The number of rotatable bonds is 1. The average molecular weight is 326 g/mol. The maximum Gasteiger partial charge on any atom is 0.224 e. The minimum absolute atomic E-state index is 0.0438. The van der Waals surface area contributed by atoms with E-state index >= 15 is 0 Å². The van der Waals surface area contributed by atoms with E-state index in [1.807, 2.05) is 0 Å². The van der Waals surface area contributed by atoms with Gasteiger partial charge in [-0.3, -0.25) is 0 Å². The van der Waals surface area contributed by atoms with Gasteiger partial charge in [0, 0.05) is 18.1 Å². The highest BCUT2D eigenvalue weighted by atomic mass is 16.5. The zero-order chi connectivity index (χ0) is 16.5. The molecule has 0 spiro atoms. The van der Waals surface area contributed by atoms with Gasteiger partial charge in [0.1, 0.15) is 11.6 Å². The summed E-state index contributed by atoms with van der Waals surface area (Å²) < 4.78 is 11.8. The average Bonchev–Trinajstić information content (AvgIpc) is 3.18. The van der Waals surface area contributed by atoms with E-state index in [2.05, 4.69) is 38.2 Å². The molecule has 2 fully saturated rings. The second kappa shape index (κ2) is 4.83. The van der Waals surface area contributed by atoms with Crippen molar-refractivity contribution >= 4 is 11.1 Å². The van der Waals surface area contributed by atoms with Crippen molar-refractivity contribution in [3.05, 3.63) is 29.2 Å². The Morgan fingerprint density at radius 2 is 2.12 bits per heavy atom. The summed E-state index contributed by atoms with van der Waals surface area (Å²) in [6.07, 6.45) is 4.40. The lowest BCUT2D eigenvalue weighted by atomic mass is 9.51. The van der Waals surface area contributed by atoms with E-state index in [0.717, 1.165) is 49.4 Å². The molecule has 0 saturated carbocycles. The third-order valence-electron chi connectivity index (χ3n) is 7.16. The van der Waals surface area contributed by atoms with Crippen LogP contribution in [0.4, 0.5) is 0 Å². The third kappa shape index (κ3) is 1.84. The largest absolute Gasteiger partial charge is 0.438 e. The predicted molar refractivity (Wildman–Crippen MR) is 93.2 cm³/mol. The van der Waals surface area contributed by atoms with E-state index in [1.54, 1.807) is 0 Å². The summed E-state index contributed by atoms with van der Waals surface area (Å²) in [7, 11) is 0. The molecule has 2 aromatic rings. The van der Waals surface area contributed by atoms with E-state index in [4.69, 9.17) is 14.1 Å². The summed E-state index contributed by atoms with van der Waals surface area (Å²) in [6, 6.07) is 5.07. The number of fused-ring (bicyclic) bond motifs is 5. The fourth-order valence-corrected chi connectivity index (χ4v) is 5.11. The monoisotopic (exact) mass is 326 g/mol. The van der Waals surface area contributed by atoms with Gasteiger partial charge in [-0.05, 0) is 60.9 Å². The lowest BCUT2D eigenvalue weighted by Gasteiger charge is -2.57. The van der Waals surface area contributed by atoms with E-state index in [-0.39, 0.29) is 16.9 Å². The van der Waals surface area contributed by atoms with E-state index in [9.17, 15) is 0 Å². The first kappa shape index (κ1) is 14.9. The Morgan fingerprint density at radius 3 is 2.92 bits per heavy atom. The van der Waals surface area contributed by atoms with Gasteiger partial charge in [0.05, 0.1) is 0 Å².